The van der Waals surface area contributed by atoms with Gasteiger partial charge in [0.1, 0.15) is 12.1 Å². The number of anilines is 1. The average Bonchev–Trinajstić information content (AvgIpc) is 2.52. The molecule has 0 amide bonds. The highest BCUT2D eigenvalue weighted by Gasteiger charge is 2.28. The van der Waals surface area contributed by atoms with Crippen molar-refractivity contribution in [1.29, 1.82) is 0 Å². The first-order chi connectivity index (χ1) is 10.7. The van der Waals surface area contributed by atoms with Crippen LogP contribution in [0.3, 0.4) is 0 Å². The van der Waals surface area contributed by atoms with E-state index in [1.807, 2.05) is 24.3 Å². The zero-order valence-electron chi connectivity index (χ0n) is 12.5. The van der Waals surface area contributed by atoms with E-state index in [1.165, 1.54) is 5.56 Å². The fourth-order valence-electron chi connectivity index (χ4n) is 2.85. The summed E-state index contributed by atoms with van der Waals surface area (Å²) in [5.74, 6) is 1.21. The van der Waals surface area contributed by atoms with Gasteiger partial charge in [0.2, 0.25) is 0 Å². The van der Waals surface area contributed by atoms with Crippen LogP contribution in [0.2, 0.25) is 0 Å². The highest BCUT2D eigenvalue weighted by atomic mass is 16.3. The third kappa shape index (κ3) is 3.61. The second-order valence-electron chi connectivity index (χ2n) is 5.97. The van der Waals surface area contributed by atoms with Crippen LogP contribution in [0.4, 0.5) is 5.82 Å². The van der Waals surface area contributed by atoms with E-state index in [4.69, 9.17) is 5.73 Å². The van der Waals surface area contributed by atoms with E-state index in [-0.39, 0.29) is 12.6 Å². The Hall–Kier alpha value is -1.98. The number of aromatic nitrogens is 2. The van der Waals surface area contributed by atoms with Crippen LogP contribution in [0, 0.1) is 0 Å². The van der Waals surface area contributed by atoms with Crippen LogP contribution in [0.25, 0.3) is 0 Å². The van der Waals surface area contributed by atoms with Gasteiger partial charge in [-0.2, -0.15) is 0 Å². The fraction of sp³-hybridized carbons (Fsp3) is 0.412. The smallest absolute Gasteiger partial charge is 0.129 e. The van der Waals surface area contributed by atoms with E-state index >= 15 is 0 Å². The molecule has 1 fully saturated rings. The summed E-state index contributed by atoms with van der Waals surface area (Å²) in [6.45, 7) is 0.0581. The Kier molecular flexibility index (Phi) is 4.65. The molecule has 0 spiro atoms. The lowest BCUT2D eigenvalue weighted by Crippen LogP contribution is -2.35. The van der Waals surface area contributed by atoms with Gasteiger partial charge in [-0.1, -0.05) is 30.3 Å². The second kappa shape index (κ2) is 6.85. The Balaban J connectivity index is 1.64. The van der Waals surface area contributed by atoms with Crippen molar-refractivity contribution in [2.75, 3.05) is 11.9 Å². The maximum Gasteiger partial charge on any atom is 0.129 e. The molecule has 0 aliphatic heterocycles. The van der Waals surface area contributed by atoms with Crippen LogP contribution in [0.15, 0.2) is 42.7 Å². The van der Waals surface area contributed by atoms with Gasteiger partial charge >= 0.3 is 0 Å². The highest BCUT2D eigenvalue weighted by molar-refractivity contribution is 5.38. The van der Waals surface area contributed by atoms with Crippen LogP contribution < -0.4 is 11.1 Å². The third-order valence-corrected chi connectivity index (χ3v) is 4.18. The monoisotopic (exact) mass is 298 g/mol. The molecule has 0 bridgehead atoms. The standard InChI is InChI=1S/C17H22N4O/c18-14-7-13(8-14)16-9-17(20-11-19-16)21-15(10-22)6-12-4-2-1-3-5-12/h1-5,9,11,13-15,22H,6-8,10,18H2,(H,19,20,21)/t13?,14?,15-/m0/s1. The van der Waals surface area contributed by atoms with Gasteiger partial charge in [0.15, 0.2) is 0 Å². The molecule has 1 atom stereocenters. The molecule has 3 rings (SSSR count). The van der Waals surface area contributed by atoms with Crippen molar-refractivity contribution in [2.24, 2.45) is 5.73 Å². The second-order valence-corrected chi connectivity index (χ2v) is 5.97. The SMILES string of the molecule is NC1CC(c2cc(N[C@H](CO)Cc3ccccc3)ncn2)C1. The predicted octanol–water partition coefficient (Wildman–Crippen LogP) is 1.70. The Morgan fingerprint density at radius 1 is 1.23 bits per heavy atom. The lowest BCUT2D eigenvalue weighted by Gasteiger charge is -2.32. The van der Waals surface area contributed by atoms with E-state index in [0.717, 1.165) is 30.8 Å². The van der Waals surface area contributed by atoms with Crippen LogP contribution in [-0.4, -0.2) is 33.8 Å². The summed E-state index contributed by atoms with van der Waals surface area (Å²) in [6, 6.07) is 12.3. The van der Waals surface area contributed by atoms with E-state index in [2.05, 4.69) is 27.4 Å². The number of benzene rings is 1. The average molecular weight is 298 g/mol. The number of rotatable bonds is 6. The maximum atomic E-state index is 9.60. The molecule has 1 saturated carbocycles. The maximum absolute atomic E-state index is 9.60. The van der Waals surface area contributed by atoms with E-state index < -0.39 is 0 Å². The van der Waals surface area contributed by atoms with Gasteiger partial charge in [0.25, 0.3) is 0 Å². The first-order valence-electron chi connectivity index (χ1n) is 7.73. The number of hydrogen-bond acceptors (Lipinski definition) is 5. The zero-order valence-corrected chi connectivity index (χ0v) is 12.5. The van der Waals surface area contributed by atoms with Crippen LogP contribution >= 0.6 is 0 Å². The summed E-state index contributed by atoms with van der Waals surface area (Å²) in [6.07, 6.45) is 4.32. The van der Waals surface area contributed by atoms with Crippen molar-refractivity contribution in [3.63, 3.8) is 0 Å². The number of aliphatic hydroxyl groups is 1. The fourth-order valence-corrected chi connectivity index (χ4v) is 2.85. The number of nitrogens with one attached hydrogen (secondary N) is 1. The van der Waals surface area contributed by atoms with E-state index in [0.29, 0.717) is 12.0 Å². The topological polar surface area (TPSA) is 84.1 Å². The molecule has 0 unspecified atom stereocenters. The summed E-state index contributed by atoms with van der Waals surface area (Å²) in [5.41, 5.74) is 8.07. The molecule has 1 heterocycles. The van der Waals surface area contributed by atoms with Crippen molar-refractivity contribution in [2.45, 2.75) is 37.3 Å². The molecule has 1 aromatic heterocycles. The van der Waals surface area contributed by atoms with Crippen molar-refractivity contribution < 1.29 is 5.11 Å². The number of nitrogens with two attached hydrogens (primary N) is 1. The zero-order chi connectivity index (χ0) is 15.4. The minimum atomic E-state index is -0.0613. The molecule has 116 valence electrons. The third-order valence-electron chi connectivity index (χ3n) is 4.18. The number of hydrogen-bond donors (Lipinski definition) is 3. The van der Waals surface area contributed by atoms with Gasteiger partial charge in [-0.25, -0.2) is 9.97 Å². The summed E-state index contributed by atoms with van der Waals surface area (Å²) in [4.78, 5) is 8.61. The normalized spacial score (nSPS) is 21.9. The Labute approximate surface area is 130 Å². The van der Waals surface area contributed by atoms with E-state index in [9.17, 15) is 5.11 Å². The van der Waals surface area contributed by atoms with Gasteiger partial charge in [-0.3, -0.25) is 0 Å². The largest absolute Gasteiger partial charge is 0.394 e. The van der Waals surface area contributed by atoms with Crippen molar-refractivity contribution in [3.05, 3.63) is 54.0 Å². The number of aliphatic hydroxyl groups excluding tert-OH is 1. The molecule has 2 aromatic rings. The molecular formula is C17H22N4O. The van der Waals surface area contributed by atoms with Crippen molar-refractivity contribution in [1.82, 2.24) is 9.97 Å². The Bertz CT molecular complexity index is 599. The molecule has 0 saturated heterocycles. The van der Waals surface area contributed by atoms with Gasteiger partial charge in [-0.05, 0) is 24.8 Å². The molecule has 1 aliphatic rings. The molecule has 1 aliphatic carbocycles. The van der Waals surface area contributed by atoms with Gasteiger partial charge in [0.05, 0.1) is 12.6 Å². The predicted molar refractivity (Wildman–Crippen MR) is 86.6 cm³/mol. The summed E-state index contributed by atoms with van der Waals surface area (Å²) >= 11 is 0. The quantitative estimate of drug-likeness (QED) is 0.756. The molecule has 22 heavy (non-hydrogen) atoms. The van der Waals surface area contributed by atoms with Crippen LogP contribution in [0.5, 0.6) is 0 Å². The van der Waals surface area contributed by atoms with Crippen LogP contribution in [0.1, 0.15) is 30.0 Å². The molecule has 1 aromatic carbocycles. The minimum Gasteiger partial charge on any atom is -0.394 e. The molecule has 5 nitrogen and oxygen atoms in total. The van der Waals surface area contributed by atoms with E-state index in [1.54, 1.807) is 6.33 Å². The highest BCUT2D eigenvalue weighted by Crippen LogP contribution is 2.34. The first kappa shape index (κ1) is 14.9. The molecule has 5 heteroatoms. The van der Waals surface area contributed by atoms with Crippen molar-refractivity contribution in [3.8, 4) is 0 Å². The van der Waals surface area contributed by atoms with Gasteiger partial charge in [0, 0.05) is 23.7 Å². The minimum absolute atomic E-state index is 0.0581. The lowest BCUT2D eigenvalue weighted by atomic mass is 9.78. The van der Waals surface area contributed by atoms with Crippen LogP contribution in [-0.2, 0) is 6.42 Å². The summed E-state index contributed by atoms with van der Waals surface area (Å²) in [7, 11) is 0. The molecular weight excluding hydrogens is 276 g/mol. The lowest BCUT2D eigenvalue weighted by molar-refractivity contribution is 0.273. The first-order valence-corrected chi connectivity index (χ1v) is 7.73. The summed E-state index contributed by atoms with van der Waals surface area (Å²) < 4.78 is 0. The Morgan fingerprint density at radius 2 is 2.00 bits per heavy atom. The summed E-state index contributed by atoms with van der Waals surface area (Å²) in [5, 5.41) is 12.9. The van der Waals surface area contributed by atoms with Gasteiger partial charge in [-0.15, -0.1) is 0 Å². The van der Waals surface area contributed by atoms with Crippen molar-refractivity contribution >= 4 is 5.82 Å². The van der Waals surface area contributed by atoms with Gasteiger partial charge < -0.3 is 16.2 Å². The Morgan fingerprint density at radius 3 is 2.68 bits per heavy atom. The molecule has 0 radical (unpaired) electrons. The molecule has 4 N–H and O–H groups in total. The number of nitrogens with zero attached hydrogens (tertiary/aromatic N) is 2.